The van der Waals surface area contributed by atoms with Gasteiger partial charge in [-0.2, -0.15) is 5.10 Å². The summed E-state index contributed by atoms with van der Waals surface area (Å²) in [5.74, 6) is 1.34. The molecule has 0 aliphatic heterocycles. The van der Waals surface area contributed by atoms with E-state index in [0.717, 1.165) is 16.6 Å². The molecule has 0 saturated carbocycles. The van der Waals surface area contributed by atoms with Crippen LogP contribution in [0.5, 0.6) is 0 Å². The lowest BCUT2D eigenvalue weighted by Gasteiger charge is -1.92. The molecule has 2 N–H and O–H groups in total. The molecule has 0 aliphatic carbocycles. The Morgan fingerprint density at radius 1 is 1.33 bits per heavy atom. The third-order valence-corrected chi connectivity index (χ3v) is 2.90. The molecule has 0 saturated heterocycles. The fourth-order valence-corrected chi connectivity index (χ4v) is 2.05. The van der Waals surface area contributed by atoms with E-state index in [1.165, 1.54) is 0 Å². The Morgan fingerprint density at radius 3 is 3.00 bits per heavy atom. The van der Waals surface area contributed by atoms with E-state index in [1.54, 1.807) is 6.20 Å². The second-order valence-corrected chi connectivity index (χ2v) is 4.15. The van der Waals surface area contributed by atoms with Crippen LogP contribution in [-0.4, -0.2) is 21.3 Å². The van der Waals surface area contributed by atoms with Crippen molar-refractivity contribution in [3.8, 4) is 11.5 Å². The molecule has 2 aromatic heterocycles. The molecule has 5 nitrogen and oxygen atoms in total. The second-order valence-electron chi connectivity index (χ2n) is 4.15. The summed E-state index contributed by atoms with van der Waals surface area (Å²) in [6.07, 6.45) is 2.35. The van der Waals surface area contributed by atoms with Gasteiger partial charge in [0, 0.05) is 25.4 Å². The highest BCUT2D eigenvalue weighted by atomic mass is 16.4. The molecule has 92 valence electrons. The van der Waals surface area contributed by atoms with E-state index in [0.29, 0.717) is 24.6 Å². The molecule has 18 heavy (non-hydrogen) atoms. The molecule has 3 rings (SSSR count). The van der Waals surface area contributed by atoms with Crippen molar-refractivity contribution in [2.45, 2.75) is 6.42 Å². The summed E-state index contributed by atoms with van der Waals surface area (Å²) >= 11 is 0. The van der Waals surface area contributed by atoms with E-state index >= 15 is 0 Å². The van der Waals surface area contributed by atoms with Crippen molar-refractivity contribution in [2.75, 3.05) is 6.54 Å². The number of nitrogens with two attached hydrogens (primary N) is 1. The lowest BCUT2D eigenvalue weighted by atomic mass is 10.2. The minimum absolute atomic E-state index is 0.531. The lowest BCUT2D eigenvalue weighted by molar-refractivity contribution is 0.506. The molecule has 5 heteroatoms. The van der Waals surface area contributed by atoms with Crippen molar-refractivity contribution in [3.63, 3.8) is 0 Å². The summed E-state index contributed by atoms with van der Waals surface area (Å²) in [6.45, 7) is 0.531. The molecule has 0 unspecified atom stereocenters. The number of hydrogen-bond donors (Lipinski definition) is 1. The van der Waals surface area contributed by atoms with Gasteiger partial charge in [0.1, 0.15) is 5.69 Å². The highest BCUT2D eigenvalue weighted by molar-refractivity contribution is 5.91. The number of rotatable bonds is 3. The molecule has 0 radical (unpaired) electrons. The Labute approximate surface area is 104 Å². The predicted octanol–water partition coefficient (Wildman–Crippen LogP) is 1.73. The van der Waals surface area contributed by atoms with Gasteiger partial charge in [-0.05, 0) is 6.07 Å². The summed E-state index contributed by atoms with van der Waals surface area (Å²) in [4.78, 5) is 4.20. The third kappa shape index (κ3) is 1.69. The Balaban J connectivity index is 2.13. The average Bonchev–Trinajstić information content (AvgIpc) is 2.96. The van der Waals surface area contributed by atoms with Gasteiger partial charge in [0.15, 0.2) is 11.7 Å². The SMILES string of the molecule is Cn1nc(-c2cnc(CCN)o2)c2ccccc21. The third-order valence-electron chi connectivity index (χ3n) is 2.90. The second kappa shape index (κ2) is 4.27. The van der Waals surface area contributed by atoms with Crippen LogP contribution in [0.3, 0.4) is 0 Å². The van der Waals surface area contributed by atoms with Gasteiger partial charge in [-0.15, -0.1) is 0 Å². The maximum absolute atomic E-state index is 5.66. The van der Waals surface area contributed by atoms with Gasteiger partial charge < -0.3 is 10.2 Å². The standard InChI is InChI=1S/C13H14N4O/c1-17-10-5-3-2-4-9(10)13(16-17)11-8-15-12(18-11)6-7-14/h2-5,8H,6-7,14H2,1H3. The van der Waals surface area contributed by atoms with E-state index in [-0.39, 0.29) is 0 Å². The van der Waals surface area contributed by atoms with Gasteiger partial charge in [-0.1, -0.05) is 18.2 Å². The molecule has 0 atom stereocenters. The molecule has 0 fully saturated rings. The number of hydrogen-bond acceptors (Lipinski definition) is 4. The first-order valence-electron chi connectivity index (χ1n) is 5.86. The van der Waals surface area contributed by atoms with Crippen LogP contribution < -0.4 is 5.73 Å². The first kappa shape index (κ1) is 11.0. The molecule has 3 aromatic rings. The van der Waals surface area contributed by atoms with Crippen LogP contribution in [0.15, 0.2) is 34.9 Å². The van der Waals surface area contributed by atoms with Crippen LogP contribution >= 0.6 is 0 Å². The van der Waals surface area contributed by atoms with Crippen LogP contribution in [0.25, 0.3) is 22.4 Å². The number of oxazole rings is 1. The molecule has 0 aliphatic rings. The Bertz CT molecular complexity index is 683. The maximum atomic E-state index is 5.66. The van der Waals surface area contributed by atoms with Crippen LogP contribution in [0.4, 0.5) is 0 Å². The summed E-state index contributed by atoms with van der Waals surface area (Å²) in [7, 11) is 1.92. The van der Waals surface area contributed by atoms with E-state index in [9.17, 15) is 0 Å². The normalized spacial score (nSPS) is 11.2. The molecule has 2 heterocycles. The zero-order chi connectivity index (χ0) is 12.5. The smallest absolute Gasteiger partial charge is 0.196 e. The zero-order valence-electron chi connectivity index (χ0n) is 10.1. The first-order chi connectivity index (χ1) is 8.79. The quantitative estimate of drug-likeness (QED) is 0.759. The average molecular weight is 242 g/mol. The fourth-order valence-electron chi connectivity index (χ4n) is 2.05. The van der Waals surface area contributed by atoms with Crippen LogP contribution in [0.1, 0.15) is 5.89 Å². The van der Waals surface area contributed by atoms with Gasteiger partial charge in [-0.25, -0.2) is 4.98 Å². The summed E-state index contributed by atoms with van der Waals surface area (Å²) < 4.78 is 7.51. The molecule has 0 amide bonds. The summed E-state index contributed by atoms with van der Waals surface area (Å²) in [5.41, 5.74) is 7.38. The van der Waals surface area contributed by atoms with E-state index < -0.39 is 0 Å². The number of para-hydroxylation sites is 1. The molecule has 0 spiro atoms. The van der Waals surface area contributed by atoms with Crippen LogP contribution in [0.2, 0.25) is 0 Å². The molecular formula is C13H14N4O. The van der Waals surface area contributed by atoms with Crippen molar-refractivity contribution in [1.82, 2.24) is 14.8 Å². The highest BCUT2D eigenvalue weighted by Crippen LogP contribution is 2.27. The number of aromatic nitrogens is 3. The topological polar surface area (TPSA) is 69.9 Å². The van der Waals surface area contributed by atoms with Crippen molar-refractivity contribution < 1.29 is 4.42 Å². The Kier molecular flexibility index (Phi) is 2.60. The van der Waals surface area contributed by atoms with Crippen LogP contribution in [-0.2, 0) is 13.5 Å². The van der Waals surface area contributed by atoms with Crippen LogP contribution in [0, 0.1) is 0 Å². The van der Waals surface area contributed by atoms with Crippen molar-refractivity contribution in [3.05, 3.63) is 36.4 Å². The fraction of sp³-hybridized carbons (Fsp3) is 0.231. The van der Waals surface area contributed by atoms with Gasteiger partial charge >= 0.3 is 0 Å². The largest absolute Gasteiger partial charge is 0.439 e. The maximum Gasteiger partial charge on any atom is 0.196 e. The Morgan fingerprint density at radius 2 is 2.17 bits per heavy atom. The van der Waals surface area contributed by atoms with Gasteiger partial charge in [-0.3, -0.25) is 4.68 Å². The van der Waals surface area contributed by atoms with E-state index in [1.807, 2.05) is 36.0 Å². The monoisotopic (exact) mass is 242 g/mol. The van der Waals surface area contributed by atoms with E-state index in [2.05, 4.69) is 10.1 Å². The highest BCUT2D eigenvalue weighted by Gasteiger charge is 2.14. The molecule has 0 bridgehead atoms. The lowest BCUT2D eigenvalue weighted by Crippen LogP contribution is -2.02. The molecular weight excluding hydrogens is 228 g/mol. The summed E-state index contributed by atoms with van der Waals surface area (Å²) in [5, 5.41) is 5.55. The number of aryl methyl sites for hydroxylation is 1. The van der Waals surface area contributed by atoms with Crippen molar-refractivity contribution in [1.29, 1.82) is 0 Å². The van der Waals surface area contributed by atoms with E-state index in [4.69, 9.17) is 10.2 Å². The summed E-state index contributed by atoms with van der Waals surface area (Å²) in [6, 6.07) is 8.05. The number of benzene rings is 1. The zero-order valence-corrected chi connectivity index (χ0v) is 10.1. The number of fused-ring (bicyclic) bond motifs is 1. The first-order valence-corrected chi connectivity index (χ1v) is 5.86. The van der Waals surface area contributed by atoms with Gasteiger partial charge in [0.2, 0.25) is 0 Å². The molecule has 1 aromatic carbocycles. The van der Waals surface area contributed by atoms with Crippen molar-refractivity contribution in [2.24, 2.45) is 12.8 Å². The minimum Gasteiger partial charge on any atom is -0.439 e. The van der Waals surface area contributed by atoms with Crippen molar-refractivity contribution >= 4 is 10.9 Å². The Hall–Kier alpha value is -2.14. The number of nitrogens with zero attached hydrogens (tertiary/aromatic N) is 3. The van der Waals surface area contributed by atoms with Gasteiger partial charge in [0.05, 0.1) is 11.7 Å². The predicted molar refractivity (Wildman–Crippen MR) is 69.0 cm³/mol. The minimum atomic E-state index is 0.531. The van der Waals surface area contributed by atoms with Gasteiger partial charge in [0.25, 0.3) is 0 Å².